The zero-order valence-corrected chi connectivity index (χ0v) is 6.48. The highest BCUT2D eigenvalue weighted by atomic mass is 19.4. The van der Waals surface area contributed by atoms with E-state index in [-0.39, 0.29) is 12.6 Å². The number of carbonyl (C=O) groups excluding carboxylic acids is 1. The van der Waals surface area contributed by atoms with Gasteiger partial charge < -0.3 is 10.2 Å². The van der Waals surface area contributed by atoms with Gasteiger partial charge in [0.1, 0.15) is 6.54 Å². The molecule has 0 spiro atoms. The van der Waals surface area contributed by atoms with E-state index in [1.54, 1.807) is 6.92 Å². The van der Waals surface area contributed by atoms with Gasteiger partial charge in [-0.15, -0.1) is 0 Å². The van der Waals surface area contributed by atoms with Crippen molar-refractivity contribution >= 4 is 6.03 Å². The van der Waals surface area contributed by atoms with E-state index in [0.717, 1.165) is 4.90 Å². The van der Waals surface area contributed by atoms with Gasteiger partial charge in [-0.25, -0.2) is 4.79 Å². The van der Waals surface area contributed by atoms with Crippen molar-refractivity contribution in [2.75, 3.05) is 13.1 Å². The first-order chi connectivity index (χ1) is 5.40. The maximum Gasteiger partial charge on any atom is 0.406 e. The Kier molecular flexibility index (Phi) is 2.16. The van der Waals surface area contributed by atoms with Gasteiger partial charge in [-0.1, -0.05) is 0 Å². The fourth-order valence-corrected chi connectivity index (χ4v) is 1.07. The highest BCUT2D eigenvalue weighted by molar-refractivity contribution is 5.76. The van der Waals surface area contributed by atoms with Crippen molar-refractivity contribution in [1.82, 2.24) is 10.2 Å². The van der Waals surface area contributed by atoms with Crippen molar-refractivity contribution in [3.05, 3.63) is 0 Å². The van der Waals surface area contributed by atoms with Gasteiger partial charge in [0, 0.05) is 12.6 Å². The Morgan fingerprint density at radius 1 is 1.67 bits per heavy atom. The molecule has 1 saturated heterocycles. The molecular weight excluding hydrogens is 173 g/mol. The number of halogens is 3. The van der Waals surface area contributed by atoms with Crippen LogP contribution in [-0.4, -0.2) is 36.2 Å². The van der Waals surface area contributed by atoms with Crippen LogP contribution in [0.25, 0.3) is 0 Å². The van der Waals surface area contributed by atoms with Crippen LogP contribution in [0.3, 0.4) is 0 Å². The predicted molar refractivity (Wildman–Crippen MR) is 35.6 cm³/mol. The third kappa shape index (κ3) is 2.02. The summed E-state index contributed by atoms with van der Waals surface area (Å²) in [5.74, 6) is 0. The number of hydrogen-bond acceptors (Lipinski definition) is 1. The number of carbonyl (C=O) groups is 1. The van der Waals surface area contributed by atoms with Crippen LogP contribution < -0.4 is 5.32 Å². The Labute approximate surface area is 67.5 Å². The Balaban J connectivity index is 2.56. The van der Waals surface area contributed by atoms with Crippen LogP contribution in [0.4, 0.5) is 18.0 Å². The highest BCUT2D eigenvalue weighted by Crippen LogP contribution is 2.19. The number of alkyl halides is 3. The topological polar surface area (TPSA) is 32.3 Å². The van der Waals surface area contributed by atoms with E-state index < -0.39 is 18.8 Å². The zero-order valence-electron chi connectivity index (χ0n) is 6.48. The highest BCUT2D eigenvalue weighted by Gasteiger charge is 2.37. The molecule has 1 atom stereocenters. The second-order valence-corrected chi connectivity index (χ2v) is 2.78. The van der Waals surface area contributed by atoms with Crippen LogP contribution in [0, 0.1) is 0 Å². The molecule has 0 aromatic heterocycles. The molecule has 6 heteroatoms. The SMILES string of the molecule is CC1CNC(=O)N1CC(F)(F)F. The van der Waals surface area contributed by atoms with Crippen LogP contribution in [0.5, 0.6) is 0 Å². The summed E-state index contributed by atoms with van der Waals surface area (Å²) in [4.78, 5) is 11.6. The van der Waals surface area contributed by atoms with Crippen molar-refractivity contribution < 1.29 is 18.0 Å². The largest absolute Gasteiger partial charge is 0.406 e. The molecule has 1 N–H and O–H groups in total. The quantitative estimate of drug-likeness (QED) is 0.643. The van der Waals surface area contributed by atoms with Crippen LogP contribution in [0.15, 0.2) is 0 Å². The average Bonchev–Trinajstić information content (AvgIpc) is 2.16. The molecule has 1 aliphatic heterocycles. The number of hydrogen-bond donors (Lipinski definition) is 1. The summed E-state index contributed by atoms with van der Waals surface area (Å²) in [6, 6.07) is -1.01. The van der Waals surface area contributed by atoms with Gasteiger partial charge in [-0.2, -0.15) is 13.2 Å². The first-order valence-corrected chi connectivity index (χ1v) is 3.51. The van der Waals surface area contributed by atoms with E-state index in [4.69, 9.17) is 0 Å². The molecule has 0 aromatic rings. The van der Waals surface area contributed by atoms with Crippen molar-refractivity contribution in [2.24, 2.45) is 0 Å². The van der Waals surface area contributed by atoms with E-state index in [1.165, 1.54) is 0 Å². The lowest BCUT2D eigenvalue weighted by molar-refractivity contribution is -0.141. The van der Waals surface area contributed by atoms with Crippen molar-refractivity contribution in [3.63, 3.8) is 0 Å². The average molecular weight is 182 g/mol. The van der Waals surface area contributed by atoms with Crippen molar-refractivity contribution in [3.8, 4) is 0 Å². The summed E-state index contributed by atoms with van der Waals surface area (Å²) in [5, 5.41) is 2.33. The summed E-state index contributed by atoms with van der Waals surface area (Å²) >= 11 is 0. The van der Waals surface area contributed by atoms with Gasteiger partial charge in [0.2, 0.25) is 0 Å². The Hall–Kier alpha value is -0.940. The Morgan fingerprint density at radius 2 is 2.25 bits per heavy atom. The summed E-state index contributed by atoms with van der Waals surface area (Å²) < 4.78 is 35.5. The standard InChI is InChI=1S/C6H9F3N2O/c1-4-2-10-5(12)11(4)3-6(7,8)9/h4H,2-3H2,1H3,(H,10,12). The minimum atomic E-state index is -4.31. The monoisotopic (exact) mass is 182 g/mol. The second-order valence-electron chi connectivity index (χ2n) is 2.78. The van der Waals surface area contributed by atoms with Crippen LogP contribution >= 0.6 is 0 Å². The molecule has 12 heavy (non-hydrogen) atoms. The third-order valence-corrected chi connectivity index (χ3v) is 1.69. The lowest BCUT2D eigenvalue weighted by Crippen LogP contribution is -2.40. The van der Waals surface area contributed by atoms with E-state index in [1.807, 2.05) is 0 Å². The minimum absolute atomic E-state index is 0.287. The number of nitrogens with zero attached hydrogens (tertiary/aromatic N) is 1. The van der Waals surface area contributed by atoms with Gasteiger partial charge in [0.05, 0.1) is 0 Å². The minimum Gasteiger partial charge on any atom is -0.336 e. The molecule has 70 valence electrons. The van der Waals surface area contributed by atoms with Crippen LogP contribution in [-0.2, 0) is 0 Å². The molecule has 0 bridgehead atoms. The normalized spacial score (nSPS) is 24.5. The smallest absolute Gasteiger partial charge is 0.336 e. The van der Waals surface area contributed by atoms with Crippen LogP contribution in [0.1, 0.15) is 6.92 Å². The fraction of sp³-hybridized carbons (Fsp3) is 0.833. The molecule has 1 rings (SSSR count). The van der Waals surface area contributed by atoms with Gasteiger partial charge in [0.25, 0.3) is 0 Å². The second kappa shape index (κ2) is 2.84. The van der Waals surface area contributed by atoms with Gasteiger partial charge in [0.15, 0.2) is 0 Å². The molecule has 1 aliphatic rings. The van der Waals surface area contributed by atoms with Crippen LogP contribution in [0.2, 0.25) is 0 Å². The number of rotatable bonds is 1. The summed E-state index contributed by atoms with van der Waals surface area (Å²) in [6.07, 6.45) is -4.31. The molecule has 1 unspecified atom stereocenters. The molecule has 2 amide bonds. The fourth-order valence-electron chi connectivity index (χ4n) is 1.07. The predicted octanol–water partition coefficient (Wildman–Crippen LogP) is 0.962. The number of amides is 2. The molecule has 0 saturated carbocycles. The van der Waals surface area contributed by atoms with E-state index in [2.05, 4.69) is 5.32 Å². The molecular formula is C6H9F3N2O. The summed E-state index contributed by atoms with van der Waals surface area (Å²) in [6.45, 7) is 0.693. The lowest BCUT2D eigenvalue weighted by Gasteiger charge is -2.20. The molecule has 1 heterocycles. The molecule has 0 radical (unpaired) electrons. The Morgan fingerprint density at radius 3 is 2.58 bits per heavy atom. The van der Waals surface area contributed by atoms with Crippen molar-refractivity contribution in [1.29, 1.82) is 0 Å². The maximum atomic E-state index is 11.8. The first kappa shape index (κ1) is 9.15. The molecule has 0 aliphatic carbocycles. The summed E-state index contributed by atoms with van der Waals surface area (Å²) in [7, 11) is 0. The lowest BCUT2D eigenvalue weighted by atomic mass is 10.3. The van der Waals surface area contributed by atoms with E-state index >= 15 is 0 Å². The third-order valence-electron chi connectivity index (χ3n) is 1.69. The zero-order chi connectivity index (χ0) is 9.35. The number of urea groups is 1. The van der Waals surface area contributed by atoms with Gasteiger partial charge in [-0.3, -0.25) is 0 Å². The Bertz CT molecular complexity index is 192. The molecule has 1 fully saturated rings. The van der Waals surface area contributed by atoms with Gasteiger partial charge in [-0.05, 0) is 6.92 Å². The first-order valence-electron chi connectivity index (χ1n) is 3.51. The number of nitrogens with one attached hydrogen (secondary N) is 1. The maximum absolute atomic E-state index is 11.8. The van der Waals surface area contributed by atoms with E-state index in [0.29, 0.717) is 0 Å². The molecule has 3 nitrogen and oxygen atoms in total. The van der Waals surface area contributed by atoms with Gasteiger partial charge >= 0.3 is 12.2 Å². The summed E-state index contributed by atoms with van der Waals surface area (Å²) in [5.41, 5.74) is 0. The van der Waals surface area contributed by atoms with Crippen molar-refractivity contribution in [2.45, 2.75) is 19.1 Å². The molecule has 0 aromatic carbocycles. The van der Waals surface area contributed by atoms with E-state index in [9.17, 15) is 18.0 Å².